The maximum Gasteiger partial charge on any atom is 0.326 e. The zero-order valence-corrected chi connectivity index (χ0v) is 22.6. The maximum absolute atomic E-state index is 13.1. The summed E-state index contributed by atoms with van der Waals surface area (Å²) in [7, 11) is 0. The molecule has 0 radical (unpaired) electrons. The van der Waals surface area contributed by atoms with Gasteiger partial charge in [0.1, 0.15) is 23.9 Å². The van der Waals surface area contributed by atoms with E-state index in [0.717, 1.165) is 5.56 Å². The zero-order valence-electron chi connectivity index (χ0n) is 21.7. The topological polar surface area (TPSA) is 261 Å². The number of carbonyl (C=O) groups is 4. The third-order valence-corrected chi connectivity index (χ3v) is 6.05. The van der Waals surface area contributed by atoms with Gasteiger partial charge >= 0.3 is 5.97 Å². The van der Waals surface area contributed by atoms with Crippen molar-refractivity contribution in [2.45, 2.75) is 62.7 Å². The summed E-state index contributed by atoms with van der Waals surface area (Å²) in [6.07, 6.45) is 1.90. The van der Waals surface area contributed by atoms with E-state index in [2.05, 4.69) is 33.6 Å². The first-order chi connectivity index (χ1) is 18.5. The Bertz CT molecular complexity index is 974. The highest BCUT2D eigenvalue weighted by Gasteiger charge is 2.29. The number of aliphatic imine (C=N–C) groups is 1. The third kappa shape index (κ3) is 13.2. The van der Waals surface area contributed by atoms with E-state index in [4.69, 9.17) is 22.9 Å². The molecular weight excluding hydrogens is 528 g/mol. The molecule has 0 saturated heterocycles. The van der Waals surface area contributed by atoms with Gasteiger partial charge in [0, 0.05) is 12.3 Å². The van der Waals surface area contributed by atoms with Crippen LogP contribution in [0.5, 0.6) is 5.75 Å². The first-order valence-corrected chi connectivity index (χ1v) is 13.1. The lowest BCUT2D eigenvalue weighted by Gasteiger charge is -2.24. The molecule has 15 heteroatoms. The lowest BCUT2D eigenvalue weighted by atomic mass is 10.0. The first-order valence-electron chi connectivity index (χ1n) is 12.5. The normalized spacial score (nSPS) is 13.8. The molecule has 0 spiro atoms. The number of carboxylic acid groups (broad SMARTS) is 1. The first kappa shape index (κ1) is 33.5. The number of thiol groups is 1. The largest absolute Gasteiger partial charge is 0.508 e. The van der Waals surface area contributed by atoms with Crippen LogP contribution in [0.15, 0.2) is 29.3 Å². The number of rotatable bonds is 18. The number of phenolic OH excluding ortho intramolecular Hbond substituents is 1. The molecule has 0 aliphatic rings. The number of nitrogens with one attached hydrogen (secondary N) is 3. The third-order valence-electron chi connectivity index (χ3n) is 5.68. The molecule has 0 fully saturated rings. The second-order valence-electron chi connectivity index (χ2n) is 8.91. The van der Waals surface area contributed by atoms with Gasteiger partial charge in [-0.15, -0.1) is 0 Å². The van der Waals surface area contributed by atoms with Gasteiger partial charge in [-0.05, 0) is 62.8 Å². The monoisotopic (exact) mass is 568 g/mol. The van der Waals surface area contributed by atoms with Gasteiger partial charge in [0.2, 0.25) is 17.7 Å². The van der Waals surface area contributed by atoms with Crippen LogP contribution in [0.2, 0.25) is 0 Å². The van der Waals surface area contributed by atoms with Gasteiger partial charge in [0.15, 0.2) is 5.96 Å². The number of nitrogens with zero attached hydrogens (tertiary/aromatic N) is 1. The highest BCUT2D eigenvalue weighted by atomic mass is 32.1. The molecule has 0 bridgehead atoms. The second kappa shape index (κ2) is 17.9. The van der Waals surface area contributed by atoms with Gasteiger partial charge in [0.05, 0.1) is 6.04 Å². The van der Waals surface area contributed by atoms with E-state index < -0.39 is 47.9 Å². The van der Waals surface area contributed by atoms with E-state index in [1.165, 1.54) is 12.1 Å². The van der Waals surface area contributed by atoms with Crippen molar-refractivity contribution in [1.82, 2.24) is 16.0 Å². The number of phenols is 1. The molecule has 0 aromatic heterocycles. The molecule has 0 aliphatic carbocycles. The van der Waals surface area contributed by atoms with Crippen molar-refractivity contribution in [1.29, 1.82) is 0 Å². The number of carboxylic acids is 1. The number of nitrogens with two attached hydrogens (primary N) is 4. The minimum Gasteiger partial charge on any atom is -0.508 e. The van der Waals surface area contributed by atoms with E-state index in [-0.39, 0.29) is 43.3 Å². The molecule has 0 saturated carbocycles. The van der Waals surface area contributed by atoms with Crippen LogP contribution in [-0.2, 0) is 25.6 Å². The van der Waals surface area contributed by atoms with Crippen molar-refractivity contribution in [2.24, 2.45) is 27.9 Å². The van der Waals surface area contributed by atoms with E-state index in [1.54, 1.807) is 12.1 Å². The van der Waals surface area contributed by atoms with E-state index in [9.17, 15) is 29.4 Å². The van der Waals surface area contributed by atoms with E-state index in [1.807, 2.05) is 0 Å². The van der Waals surface area contributed by atoms with Crippen LogP contribution in [0.1, 0.15) is 37.7 Å². The molecule has 0 aliphatic heterocycles. The second-order valence-corrected chi connectivity index (χ2v) is 9.28. The standard InChI is InChI=1S/C24H40N8O6S/c25-10-2-1-4-17(30-20(34)16(26)12-14-6-8-15(33)9-7-14)21(35)32-19(13-39)22(36)31-18(23(37)38)5-3-11-29-24(27)28/h6-9,16-19,33,39H,1-5,10-13,25-26H2,(H,30,34)(H,31,36)(H,32,35)(H,37,38)(H4,27,28,29). The van der Waals surface area contributed by atoms with Gasteiger partial charge in [-0.3, -0.25) is 19.4 Å². The Morgan fingerprint density at radius 1 is 0.872 bits per heavy atom. The van der Waals surface area contributed by atoms with Crippen LogP contribution < -0.4 is 38.9 Å². The highest BCUT2D eigenvalue weighted by Crippen LogP contribution is 2.11. The Hall–Kier alpha value is -3.56. The van der Waals surface area contributed by atoms with Crippen molar-refractivity contribution in [3.8, 4) is 5.75 Å². The summed E-state index contributed by atoms with van der Waals surface area (Å²) >= 11 is 4.12. The summed E-state index contributed by atoms with van der Waals surface area (Å²) < 4.78 is 0. The van der Waals surface area contributed by atoms with Gasteiger partial charge in [-0.2, -0.15) is 12.6 Å². The number of amides is 3. The number of guanidine groups is 1. The van der Waals surface area contributed by atoms with Crippen molar-refractivity contribution in [2.75, 3.05) is 18.8 Å². The predicted molar refractivity (Wildman–Crippen MR) is 150 cm³/mol. The molecular formula is C24H40N8O6S. The smallest absolute Gasteiger partial charge is 0.326 e. The average Bonchev–Trinajstić information content (AvgIpc) is 2.89. The fraction of sp³-hybridized carbons (Fsp3) is 0.542. The van der Waals surface area contributed by atoms with Gasteiger partial charge < -0.3 is 49.1 Å². The number of unbranched alkanes of at least 4 members (excludes halogenated alkanes) is 1. The molecule has 1 aromatic carbocycles. The quantitative estimate of drug-likeness (QED) is 0.0399. The minimum atomic E-state index is -1.26. The van der Waals surface area contributed by atoms with Crippen LogP contribution in [-0.4, -0.2) is 82.9 Å². The molecule has 4 unspecified atom stereocenters. The number of carbonyl (C=O) groups excluding carboxylic acids is 3. The Morgan fingerprint density at radius 2 is 1.44 bits per heavy atom. The van der Waals surface area contributed by atoms with Crippen molar-refractivity contribution in [3.63, 3.8) is 0 Å². The van der Waals surface area contributed by atoms with Crippen LogP contribution in [0, 0.1) is 0 Å². The number of aromatic hydroxyl groups is 1. The van der Waals surface area contributed by atoms with Crippen LogP contribution in [0.4, 0.5) is 0 Å². The van der Waals surface area contributed by atoms with Crippen molar-refractivity contribution < 1.29 is 29.4 Å². The lowest BCUT2D eigenvalue weighted by molar-refractivity contribution is -0.142. The number of benzene rings is 1. The van der Waals surface area contributed by atoms with Gasteiger partial charge in [-0.25, -0.2) is 4.79 Å². The minimum absolute atomic E-state index is 0.0573. The van der Waals surface area contributed by atoms with Crippen LogP contribution in [0.3, 0.4) is 0 Å². The highest BCUT2D eigenvalue weighted by molar-refractivity contribution is 7.80. The fourth-order valence-electron chi connectivity index (χ4n) is 3.52. The van der Waals surface area contributed by atoms with E-state index in [0.29, 0.717) is 25.8 Å². The van der Waals surface area contributed by atoms with Crippen molar-refractivity contribution in [3.05, 3.63) is 29.8 Å². The summed E-state index contributed by atoms with van der Waals surface area (Å²) in [5.41, 5.74) is 22.8. The molecule has 3 amide bonds. The van der Waals surface area contributed by atoms with Gasteiger partial charge in [0.25, 0.3) is 0 Å². The van der Waals surface area contributed by atoms with Gasteiger partial charge in [-0.1, -0.05) is 12.1 Å². The Morgan fingerprint density at radius 3 is 2.00 bits per heavy atom. The molecule has 39 heavy (non-hydrogen) atoms. The average molecular weight is 569 g/mol. The molecule has 4 atom stereocenters. The molecule has 1 aromatic rings. The molecule has 13 N–H and O–H groups in total. The molecule has 0 heterocycles. The van der Waals surface area contributed by atoms with Crippen molar-refractivity contribution >= 4 is 42.3 Å². The number of hydrogen-bond donors (Lipinski definition) is 10. The fourth-order valence-corrected chi connectivity index (χ4v) is 3.78. The summed E-state index contributed by atoms with van der Waals surface area (Å²) in [5, 5.41) is 26.4. The SMILES string of the molecule is NCCCCC(NC(=O)C(N)Cc1ccc(O)cc1)C(=O)NC(CS)C(=O)NC(CCCN=C(N)N)C(=O)O. The molecule has 1 rings (SSSR count). The number of aliphatic carboxylic acids is 1. The predicted octanol–water partition coefficient (Wildman–Crippen LogP) is -2.09. The summed E-state index contributed by atoms with van der Waals surface area (Å²) in [4.78, 5) is 54.0. The Balaban J connectivity index is 2.83. The molecule has 14 nitrogen and oxygen atoms in total. The Labute approximate surface area is 232 Å². The summed E-state index contributed by atoms with van der Waals surface area (Å²) in [6, 6.07) is 1.83. The Kier molecular flexibility index (Phi) is 15.3. The lowest BCUT2D eigenvalue weighted by Crippen LogP contribution is -2.57. The summed E-state index contributed by atoms with van der Waals surface area (Å²) in [6.45, 7) is 0.581. The molecule has 218 valence electrons. The number of hydrogen-bond acceptors (Lipinski definition) is 9. The maximum atomic E-state index is 13.1. The van der Waals surface area contributed by atoms with Crippen LogP contribution in [0.25, 0.3) is 0 Å². The summed E-state index contributed by atoms with van der Waals surface area (Å²) in [5.74, 6) is -3.40. The van der Waals surface area contributed by atoms with Crippen LogP contribution >= 0.6 is 12.6 Å². The zero-order chi connectivity index (χ0) is 29.4. The van der Waals surface area contributed by atoms with E-state index >= 15 is 0 Å².